The Morgan fingerprint density at radius 2 is 0.584 bits per heavy atom. The van der Waals surface area contributed by atoms with Crippen molar-refractivity contribution in [3.05, 3.63) is 0 Å². The summed E-state index contributed by atoms with van der Waals surface area (Å²) in [6.07, 6.45) is 67.7. The minimum absolute atomic E-state index is 0.153. The van der Waals surface area contributed by atoms with Crippen LogP contribution in [0, 0.1) is 0 Å². The first-order valence-corrected chi connectivity index (χ1v) is 34.2. The number of ether oxygens (including phenoxy) is 4. The lowest BCUT2D eigenvalue weighted by Gasteiger charge is -2.26. The van der Waals surface area contributed by atoms with E-state index in [2.05, 4.69) is 13.8 Å². The second-order valence-corrected chi connectivity index (χ2v) is 24.8. The standard InChI is InChI=1S/C68H133NO8/c1-6-8-10-12-14-16-18-20-22-24-26-27-28-29-30-31-32-33-34-35-36-37-38-39-40-41-43-45-47-49-51-53-55-57-59-66(71)77-64(63-76-68(67(72)73)74-61-60-69(3,4)5)62-75-65(70)58-56-54-52-50-48-46-44-42-25-23-21-19-17-15-13-11-9-7-2/h64,68H,6-63H2,1-5H3. The summed E-state index contributed by atoms with van der Waals surface area (Å²) >= 11 is 0. The van der Waals surface area contributed by atoms with Crippen molar-refractivity contribution in [3.63, 3.8) is 0 Å². The van der Waals surface area contributed by atoms with Crippen molar-refractivity contribution in [1.29, 1.82) is 0 Å². The molecule has 0 aromatic heterocycles. The van der Waals surface area contributed by atoms with E-state index in [1.54, 1.807) is 0 Å². The SMILES string of the molecule is CCCCCCCCCCCCCCCCCCCCCCCCCCCCCCCCCCCCC(=O)OC(COC(=O)CCCCCCCCCCCCCCCCCCCC)COC(OCC[N+](C)(C)C)C(=O)[O-]. The molecule has 0 aliphatic heterocycles. The Bertz CT molecular complexity index is 1220. The number of unbranched alkanes of at least 4 members (excludes halogenated alkanes) is 50. The zero-order valence-corrected chi connectivity index (χ0v) is 52.4. The fourth-order valence-electron chi connectivity index (χ4n) is 10.6. The maximum atomic E-state index is 12.9. The number of hydrogen-bond acceptors (Lipinski definition) is 8. The van der Waals surface area contributed by atoms with Crippen molar-refractivity contribution in [2.75, 3.05) is 47.5 Å². The Morgan fingerprint density at radius 3 is 0.831 bits per heavy atom. The monoisotopic (exact) mass is 1090 g/mol. The third-order valence-corrected chi connectivity index (χ3v) is 15.9. The summed E-state index contributed by atoms with van der Waals surface area (Å²) in [5.74, 6) is -2.25. The van der Waals surface area contributed by atoms with Gasteiger partial charge in [0.15, 0.2) is 12.4 Å². The normalized spacial score (nSPS) is 12.6. The van der Waals surface area contributed by atoms with E-state index in [9.17, 15) is 19.5 Å². The van der Waals surface area contributed by atoms with Gasteiger partial charge in [0, 0.05) is 12.8 Å². The number of quaternary nitrogens is 1. The molecule has 0 aliphatic carbocycles. The molecule has 0 saturated carbocycles. The van der Waals surface area contributed by atoms with Crippen LogP contribution in [-0.4, -0.2) is 82.3 Å². The van der Waals surface area contributed by atoms with Crippen LogP contribution in [0.4, 0.5) is 0 Å². The summed E-state index contributed by atoms with van der Waals surface area (Å²) in [4.78, 5) is 37.4. The molecule has 0 spiro atoms. The summed E-state index contributed by atoms with van der Waals surface area (Å²) in [6.45, 7) is 4.83. The van der Waals surface area contributed by atoms with Gasteiger partial charge in [0.2, 0.25) is 0 Å². The van der Waals surface area contributed by atoms with Crippen molar-refractivity contribution in [2.45, 2.75) is 373 Å². The highest BCUT2D eigenvalue weighted by Gasteiger charge is 2.22. The molecule has 77 heavy (non-hydrogen) atoms. The number of esters is 2. The highest BCUT2D eigenvalue weighted by atomic mass is 16.7. The van der Waals surface area contributed by atoms with Crippen molar-refractivity contribution in [2.24, 2.45) is 0 Å². The number of nitrogens with zero attached hydrogens (tertiary/aromatic N) is 1. The van der Waals surface area contributed by atoms with Crippen LogP contribution < -0.4 is 5.11 Å². The number of aliphatic carboxylic acids is 1. The number of rotatable bonds is 65. The van der Waals surface area contributed by atoms with Gasteiger partial charge in [-0.05, 0) is 12.8 Å². The third-order valence-electron chi connectivity index (χ3n) is 15.9. The molecular formula is C68H133NO8. The molecule has 0 aromatic carbocycles. The quantitative estimate of drug-likeness (QED) is 0.0256. The Labute approximate surface area is 479 Å². The average Bonchev–Trinajstić information content (AvgIpc) is 3.40. The van der Waals surface area contributed by atoms with Crippen LogP contribution in [0.1, 0.15) is 361 Å². The largest absolute Gasteiger partial charge is 0.545 e. The molecular weight excluding hydrogens is 959 g/mol. The van der Waals surface area contributed by atoms with Gasteiger partial charge < -0.3 is 33.3 Å². The van der Waals surface area contributed by atoms with Gasteiger partial charge >= 0.3 is 11.9 Å². The van der Waals surface area contributed by atoms with Gasteiger partial charge in [0.05, 0.1) is 40.3 Å². The van der Waals surface area contributed by atoms with E-state index in [1.165, 1.54) is 295 Å². The molecule has 0 aromatic rings. The van der Waals surface area contributed by atoms with E-state index in [0.717, 1.165) is 38.5 Å². The average molecular weight is 1090 g/mol. The molecule has 458 valence electrons. The number of hydrogen-bond donors (Lipinski definition) is 0. The van der Waals surface area contributed by atoms with Crippen LogP contribution in [0.3, 0.4) is 0 Å². The molecule has 0 amide bonds. The Balaban J connectivity index is 3.99. The zero-order chi connectivity index (χ0) is 56.2. The van der Waals surface area contributed by atoms with Crippen LogP contribution in [0.5, 0.6) is 0 Å². The minimum atomic E-state index is -1.61. The van der Waals surface area contributed by atoms with Gasteiger partial charge in [0.25, 0.3) is 0 Å². The lowest BCUT2D eigenvalue weighted by molar-refractivity contribution is -0.870. The second-order valence-electron chi connectivity index (χ2n) is 24.8. The third kappa shape index (κ3) is 61.8. The number of likely N-dealkylation sites (N-methyl/N-ethyl adjacent to an activating group) is 1. The summed E-state index contributed by atoms with van der Waals surface area (Å²) < 4.78 is 22.8. The van der Waals surface area contributed by atoms with E-state index >= 15 is 0 Å². The predicted molar refractivity (Wildman–Crippen MR) is 325 cm³/mol. The van der Waals surface area contributed by atoms with E-state index in [1.807, 2.05) is 21.1 Å². The highest BCUT2D eigenvalue weighted by molar-refractivity contribution is 5.70. The molecule has 9 heteroatoms. The van der Waals surface area contributed by atoms with E-state index < -0.39 is 24.3 Å². The van der Waals surface area contributed by atoms with Crippen LogP contribution in [-0.2, 0) is 33.3 Å². The van der Waals surface area contributed by atoms with Crippen molar-refractivity contribution in [3.8, 4) is 0 Å². The molecule has 2 atom stereocenters. The predicted octanol–water partition coefficient (Wildman–Crippen LogP) is 19.4. The summed E-state index contributed by atoms with van der Waals surface area (Å²) in [5.41, 5.74) is 0. The topological polar surface area (TPSA) is 111 Å². The number of carboxylic acid groups (broad SMARTS) is 1. The molecule has 0 saturated heterocycles. The van der Waals surface area contributed by atoms with Gasteiger partial charge in [-0.2, -0.15) is 0 Å². The van der Waals surface area contributed by atoms with Crippen LogP contribution in [0.15, 0.2) is 0 Å². The molecule has 0 rings (SSSR count). The molecule has 0 heterocycles. The van der Waals surface area contributed by atoms with Gasteiger partial charge in [-0.1, -0.05) is 335 Å². The summed E-state index contributed by atoms with van der Waals surface area (Å²) in [5, 5.41) is 11.8. The van der Waals surface area contributed by atoms with Crippen molar-refractivity contribution < 1.29 is 42.9 Å². The fourth-order valence-corrected chi connectivity index (χ4v) is 10.6. The molecule has 0 aliphatic rings. The summed E-state index contributed by atoms with van der Waals surface area (Å²) in [6, 6.07) is 0. The van der Waals surface area contributed by atoms with Crippen LogP contribution in [0.2, 0.25) is 0 Å². The zero-order valence-electron chi connectivity index (χ0n) is 52.4. The van der Waals surface area contributed by atoms with Crippen LogP contribution >= 0.6 is 0 Å². The number of carbonyl (C=O) groups is 3. The van der Waals surface area contributed by atoms with Gasteiger partial charge in [-0.25, -0.2) is 0 Å². The molecule has 0 radical (unpaired) electrons. The first kappa shape index (κ1) is 75.3. The highest BCUT2D eigenvalue weighted by Crippen LogP contribution is 2.19. The fraction of sp³-hybridized carbons (Fsp3) is 0.956. The van der Waals surface area contributed by atoms with Crippen molar-refractivity contribution in [1.82, 2.24) is 0 Å². The smallest absolute Gasteiger partial charge is 0.306 e. The maximum absolute atomic E-state index is 12.9. The molecule has 0 fully saturated rings. The Kier molecular flexibility index (Phi) is 59.0. The van der Waals surface area contributed by atoms with E-state index in [0.29, 0.717) is 17.4 Å². The lowest BCUT2D eigenvalue weighted by atomic mass is 10.0. The Morgan fingerprint density at radius 1 is 0.338 bits per heavy atom. The number of carboxylic acids is 1. The van der Waals surface area contributed by atoms with E-state index in [-0.39, 0.29) is 32.2 Å². The maximum Gasteiger partial charge on any atom is 0.306 e. The minimum Gasteiger partial charge on any atom is -0.545 e. The summed E-state index contributed by atoms with van der Waals surface area (Å²) in [7, 11) is 5.94. The Hall–Kier alpha value is -1.71. The molecule has 9 nitrogen and oxygen atoms in total. The molecule has 2 unspecified atom stereocenters. The van der Waals surface area contributed by atoms with Crippen molar-refractivity contribution >= 4 is 17.9 Å². The molecule has 0 N–H and O–H groups in total. The van der Waals surface area contributed by atoms with Gasteiger partial charge in [-0.15, -0.1) is 0 Å². The van der Waals surface area contributed by atoms with E-state index in [4.69, 9.17) is 18.9 Å². The lowest BCUT2D eigenvalue weighted by Crippen LogP contribution is -2.44. The number of carbonyl (C=O) groups excluding carboxylic acids is 3. The van der Waals surface area contributed by atoms with Crippen LogP contribution in [0.25, 0.3) is 0 Å². The molecule has 0 bridgehead atoms. The van der Waals surface area contributed by atoms with Gasteiger partial charge in [0.1, 0.15) is 13.2 Å². The first-order chi connectivity index (χ1) is 37.6. The second kappa shape index (κ2) is 60.4. The van der Waals surface area contributed by atoms with Gasteiger partial charge in [-0.3, -0.25) is 9.59 Å². The first-order valence-electron chi connectivity index (χ1n) is 34.2.